The van der Waals surface area contributed by atoms with E-state index in [9.17, 15) is 0 Å². The lowest BCUT2D eigenvalue weighted by Gasteiger charge is -2.25. The molecule has 0 aliphatic carbocycles. The predicted molar refractivity (Wildman–Crippen MR) is 68.5 cm³/mol. The molecular formula is C13H18ClNO2. The Morgan fingerprint density at radius 2 is 2.35 bits per heavy atom. The topological polar surface area (TPSA) is 44.5 Å². The van der Waals surface area contributed by atoms with Crippen LogP contribution in [-0.4, -0.2) is 19.3 Å². The van der Waals surface area contributed by atoms with Gasteiger partial charge in [-0.3, -0.25) is 0 Å². The van der Waals surface area contributed by atoms with E-state index in [1.165, 1.54) is 0 Å². The van der Waals surface area contributed by atoms with E-state index in [0.717, 1.165) is 30.8 Å². The van der Waals surface area contributed by atoms with Crippen LogP contribution in [0, 0.1) is 0 Å². The zero-order chi connectivity index (χ0) is 12.3. The molecule has 1 heterocycles. The summed E-state index contributed by atoms with van der Waals surface area (Å²) in [4.78, 5) is 0. The molecule has 4 heteroatoms. The zero-order valence-electron chi connectivity index (χ0n) is 9.99. The number of nitrogens with two attached hydrogens (primary N) is 1. The Balaban J connectivity index is 2.13. The van der Waals surface area contributed by atoms with Crippen molar-refractivity contribution in [3.05, 3.63) is 28.8 Å². The van der Waals surface area contributed by atoms with Crippen LogP contribution in [0.4, 0.5) is 0 Å². The summed E-state index contributed by atoms with van der Waals surface area (Å²) in [5, 5.41) is 0.685. The average Bonchev–Trinajstić information content (AvgIpc) is 2.32. The fourth-order valence-electron chi connectivity index (χ4n) is 1.97. The standard InChI is InChI=1S/C13H18ClNO2/c1-9(15)12-7-10(14)4-5-13(12)17-11-3-2-6-16-8-11/h4-5,7,9,11H,2-3,6,8,15H2,1H3. The van der Waals surface area contributed by atoms with E-state index in [1.807, 2.05) is 25.1 Å². The molecule has 0 aromatic heterocycles. The van der Waals surface area contributed by atoms with Gasteiger partial charge in [-0.2, -0.15) is 0 Å². The Kier molecular flexibility index (Phi) is 4.26. The third kappa shape index (κ3) is 3.35. The van der Waals surface area contributed by atoms with Crippen LogP contribution in [0.15, 0.2) is 18.2 Å². The molecule has 1 aromatic carbocycles. The van der Waals surface area contributed by atoms with Gasteiger partial charge in [0, 0.05) is 23.2 Å². The molecule has 3 nitrogen and oxygen atoms in total. The minimum Gasteiger partial charge on any atom is -0.488 e. The Morgan fingerprint density at radius 3 is 3.00 bits per heavy atom. The number of hydrogen-bond donors (Lipinski definition) is 1. The Morgan fingerprint density at radius 1 is 1.53 bits per heavy atom. The molecule has 0 bridgehead atoms. The van der Waals surface area contributed by atoms with Gasteiger partial charge in [-0.1, -0.05) is 11.6 Å². The highest BCUT2D eigenvalue weighted by Crippen LogP contribution is 2.29. The van der Waals surface area contributed by atoms with Gasteiger partial charge in [-0.05, 0) is 38.0 Å². The minimum atomic E-state index is -0.0896. The van der Waals surface area contributed by atoms with Crippen LogP contribution < -0.4 is 10.5 Å². The summed E-state index contributed by atoms with van der Waals surface area (Å²) in [5.41, 5.74) is 6.87. The maximum atomic E-state index is 5.97. The summed E-state index contributed by atoms with van der Waals surface area (Å²) in [6, 6.07) is 5.49. The van der Waals surface area contributed by atoms with Crippen LogP contribution in [-0.2, 0) is 4.74 Å². The summed E-state index contributed by atoms with van der Waals surface area (Å²) >= 11 is 5.97. The Hall–Kier alpha value is -0.770. The van der Waals surface area contributed by atoms with Gasteiger partial charge in [-0.15, -0.1) is 0 Å². The van der Waals surface area contributed by atoms with Crippen molar-refractivity contribution in [2.75, 3.05) is 13.2 Å². The second-order valence-corrected chi connectivity index (χ2v) is 4.86. The van der Waals surface area contributed by atoms with E-state index in [-0.39, 0.29) is 12.1 Å². The van der Waals surface area contributed by atoms with Crippen molar-refractivity contribution >= 4 is 11.6 Å². The summed E-state index contributed by atoms with van der Waals surface area (Å²) in [5.74, 6) is 0.819. The van der Waals surface area contributed by atoms with Gasteiger partial charge in [0.2, 0.25) is 0 Å². The third-order valence-electron chi connectivity index (χ3n) is 2.87. The minimum absolute atomic E-state index is 0.0896. The second kappa shape index (κ2) is 5.71. The van der Waals surface area contributed by atoms with Gasteiger partial charge >= 0.3 is 0 Å². The molecule has 94 valence electrons. The normalized spacial score (nSPS) is 22.2. The molecule has 17 heavy (non-hydrogen) atoms. The third-order valence-corrected chi connectivity index (χ3v) is 3.11. The molecule has 1 aromatic rings. The first-order valence-corrected chi connectivity index (χ1v) is 6.34. The highest BCUT2D eigenvalue weighted by atomic mass is 35.5. The van der Waals surface area contributed by atoms with E-state index in [2.05, 4.69) is 0 Å². The van der Waals surface area contributed by atoms with Crippen molar-refractivity contribution < 1.29 is 9.47 Å². The van der Waals surface area contributed by atoms with Crippen molar-refractivity contribution in [3.8, 4) is 5.75 Å². The first-order valence-electron chi connectivity index (χ1n) is 5.96. The molecule has 1 aliphatic heterocycles. The maximum absolute atomic E-state index is 5.97. The van der Waals surface area contributed by atoms with Crippen LogP contribution in [0.5, 0.6) is 5.75 Å². The van der Waals surface area contributed by atoms with E-state index >= 15 is 0 Å². The fourth-order valence-corrected chi connectivity index (χ4v) is 2.15. The maximum Gasteiger partial charge on any atom is 0.124 e. The Labute approximate surface area is 107 Å². The molecule has 0 saturated carbocycles. The fraction of sp³-hybridized carbons (Fsp3) is 0.538. The van der Waals surface area contributed by atoms with E-state index < -0.39 is 0 Å². The van der Waals surface area contributed by atoms with E-state index in [1.54, 1.807) is 0 Å². The quantitative estimate of drug-likeness (QED) is 0.903. The largest absolute Gasteiger partial charge is 0.488 e. The molecule has 0 radical (unpaired) electrons. The highest BCUT2D eigenvalue weighted by Gasteiger charge is 2.18. The number of halogens is 1. The van der Waals surface area contributed by atoms with Crippen LogP contribution >= 0.6 is 11.6 Å². The number of hydrogen-bond acceptors (Lipinski definition) is 3. The zero-order valence-corrected chi connectivity index (χ0v) is 10.7. The lowest BCUT2D eigenvalue weighted by molar-refractivity contribution is 0.00694. The molecule has 2 unspecified atom stereocenters. The molecule has 0 spiro atoms. The van der Waals surface area contributed by atoms with Gasteiger partial charge in [0.05, 0.1) is 6.61 Å². The van der Waals surface area contributed by atoms with Gasteiger partial charge in [-0.25, -0.2) is 0 Å². The van der Waals surface area contributed by atoms with Gasteiger partial charge in [0.15, 0.2) is 0 Å². The first kappa shape index (κ1) is 12.7. The predicted octanol–water partition coefficient (Wildman–Crippen LogP) is 2.92. The summed E-state index contributed by atoms with van der Waals surface area (Å²) in [6.45, 7) is 3.41. The van der Waals surface area contributed by atoms with Crippen molar-refractivity contribution in [1.29, 1.82) is 0 Å². The first-order chi connectivity index (χ1) is 8.16. The molecule has 2 rings (SSSR count). The lowest BCUT2D eigenvalue weighted by Crippen LogP contribution is -2.28. The highest BCUT2D eigenvalue weighted by molar-refractivity contribution is 6.30. The van der Waals surface area contributed by atoms with Crippen LogP contribution in [0.25, 0.3) is 0 Å². The summed E-state index contributed by atoms with van der Waals surface area (Å²) in [7, 11) is 0. The molecule has 1 fully saturated rings. The molecule has 1 saturated heterocycles. The number of benzene rings is 1. The molecule has 2 N–H and O–H groups in total. The van der Waals surface area contributed by atoms with Gasteiger partial charge in [0.1, 0.15) is 11.9 Å². The smallest absolute Gasteiger partial charge is 0.124 e. The monoisotopic (exact) mass is 255 g/mol. The van der Waals surface area contributed by atoms with E-state index in [0.29, 0.717) is 11.6 Å². The van der Waals surface area contributed by atoms with Crippen LogP contribution in [0.3, 0.4) is 0 Å². The van der Waals surface area contributed by atoms with Crippen molar-refractivity contribution in [2.24, 2.45) is 5.73 Å². The lowest BCUT2D eigenvalue weighted by atomic mass is 10.1. The van der Waals surface area contributed by atoms with Gasteiger partial charge < -0.3 is 15.2 Å². The van der Waals surface area contributed by atoms with Crippen LogP contribution in [0.1, 0.15) is 31.4 Å². The second-order valence-electron chi connectivity index (χ2n) is 4.43. The SMILES string of the molecule is CC(N)c1cc(Cl)ccc1OC1CCCOC1. The molecule has 1 aliphatic rings. The molecular weight excluding hydrogens is 238 g/mol. The summed E-state index contributed by atoms with van der Waals surface area (Å²) in [6.07, 6.45) is 2.20. The number of ether oxygens (including phenoxy) is 2. The van der Waals surface area contributed by atoms with Crippen molar-refractivity contribution in [2.45, 2.75) is 31.9 Å². The van der Waals surface area contributed by atoms with Crippen LogP contribution in [0.2, 0.25) is 5.02 Å². The summed E-state index contributed by atoms with van der Waals surface area (Å²) < 4.78 is 11.3. The van der Waals surface area contributed by atoms with Crippen molar-refractivity contribution in [1.82, 2.24) is 0 Å². The molecule has 0 amide bonds. The van der Waals surface area contributed by atoms with Crippen molar-refractivity contribution in [3.63, 3.8) is 0 Å². The Bertz CT molecular complexity index is 376. The van der Waals surface area contributed by atoms with Gasteiger partial charge in [0.25, 0.3) is 0 Å². The molecule has 2 atom stereocenters. The average molecular weight is 256 g/mol. The number of rotatable bonds is 3. The van der Waals surface area contributed by atoms with E-state index in [4.69, 9.17) is 26.8 Å².